The first-order valence-electron chi connectivity index (χ1n) is 7.13. The normalized spacial score (nSPS) is 16.3. The van der Waals surface area contributed by atoms with Crippen molar-refractivity contribution in [3.8, 4) is 5.69 Å². The van der Waals surface area contributed by atoms with E-state index in [0.717, 1.165) is 24.4 Å². The zero-order valence-corrected chi connectivity index (χ0v) is 11.6. The van der Waals surface area contributed by atoms with Gasteiger partial charge in [-0.25, -0.2) is 0 Å². The highest BCUT2D eigenvalue weighted by molar-refractivity contribution is 5.48. The van der Waals surface area contributed by atoms with E-state index in [1.807, 2.05) is 10.6 Å². The van der Waals surface area contributed by atoms with Crippen LogP contribution in [-0.4, -0.2) is 14.8 Å². The van der Waals surface area contributed by atoms with E-state index in [4.69, 9.17) is 5.73 Å². The molecule has 0 saturated carbocycles. The molecule has 1 aliphatic rings. The van der Waals surface area contributed by atoms with Gasteiger partial charge in [-0.05, 0) is 35.6 Å². The average Bonchev–Trinajstić information content (AvgIpc) is 2.98. The summed E-state index contributed by atoms with van der Waals surface area (Å²) in [5, 5.41) is 8.09. The van der Waals surface area contributed by atoms with Gasteiger partial charge in [-0.3, -0.25) is 4.57 Å². The van der Waals surface area contributed by atoms with E-state index in [9.17, 15) is 0 Å². The highest BCUT2D eigenvalue weighted by atomic mass is 15.3. The summed E-state index contributed by atoms with van der Waals surface area (Å²) in [6.07, 6.45) is 3.50. The predicted octanol–water partition coefficient (Wildman–Crippen LogP) is 2.41. The summed E-state index contributed by atoms with van der Waals surface area (Å²) in [4.78, 5) is 0. The molecule has 0 saturated heterocycles. The van der Waals surface area contributed by atoms with Crippen LogP contribution in [0.3, 0.4) is 0 Å². The van der Waals surface area contributed by atoms with Crippen molar-refractivity contribution in [3.63, 3.8) is 0 Å². The van der Waals surface area contributed by atoms with Crippen LogP contribution in [0.5, 0.6) is 0 Å². The number of aromatic nitrogens is 3. The van der Waals surface area contributed by atoms with Crippen molar-refractivity contribution >= 4 is 0 Å². The molecule has 0 spiro atoms. The molecule has 0 bridgehead atoms. The minimum absolute atomic E-state index is 0.0769. The Morgan fingerprint density at radius 2 is 1.95 bits per heavy atom. The third-order valence-corrected chi connectivity index (χ3v) is 4.00. The number of rotatable bonds is 2. The lowest BCUT2D eigenvalue weighted by molar-refractivity contribution is 0.621. The number of hydrogen-bond acceptors (Lipinski definition) is 3. The van der Waals surface area contributed by atoms with E-state index < -0.39 is 0 Å². The zero-order chi connectivity index (χ0) is 14.2. The van der Waals surface area contributed by atoms with Crippen molar-refractivity contribution in [1.29, 1.82) is 0 Å². The molecule has 21 heavy (non-hydrogen) atoms. The summed E-state index contributed by atoms with van der Waals surface area (Å²) in [7, 11) is 0. The first-order valence-corrected chi connectivity index (χ1v) is 7.13. The van der Waals surface area contributed by atoms with Crippen molar-refractivity contribution in [3.05, 3.63) is 77.4 Å². The third kappa shape index (κ3) is 2.14. The van der Waals surface area contributed by atoms with Crippen molar-refractivity contribution in [1.82, 2.24) is 14.8 Å². The van der Waals surface area contributed by atoms with Gasteiger partial charge in [-0.2, -0.15) is 0 Å². The molecule has 1 unspecified atom stereocenters. The molecule has 0 radical (unpaired) electrons. The summed E-state index contributed by atoms with van der Waals surface area (Å²) in [5.74, 6) is 0.846. The Balaban J connectivity index is 1.71. The highest BCUT2D eigenvalue weighted by Crippen LogP contribution is 2.29. The Bertz CT molecular complexity index is 776. The van der Waals surface area contributed by atoms with Gasteiger partial charge in [0.1, 0.15) is 6.33 Å². The quantitative estimate of drug-likeness (QED) is 0.782. The van der Waals surface area contributed by atoms with Gasteiger partial charge in [0.25, 0.3) is 0 Å². The molecular weight excluding hydrogens is 260 g/mol. The molecule has 3 aromatic rings. The van der Waals surface area contributed by atoms with Gasteiger partial charge in [-0.15, -0.1) is 10.2 Å². The van der Waals surface area contributed by atoms with Crippen LogP contribution in [-0.2, 0) is 12.8 Å². The van der Waals surface area contributed by atoms with E-state index in [0.29, 0.717) is 0 Å². The van der Waals surface area contributed by atoms with E-state index in [1.165, 1.54) is 16.7 Å². The van der Waals surface area contributed by atoms with Crippen molar-refractivity contribution in [2.75, 3.05) is 0 Å². The molecule has 104 valence electrons. The van der Waals surface area contributed by atoms with E-state index >= 15 is 0 Å². The summed E-state index contributed by atoms with van der Waals surface area (Å²) in [6.45, 7) is 0. The van der Waals surface area contributed by atoms with E-state index in [-0.39, 0.29) is 6.04 Å². The molecule has 4 nitrogen and oxygen atoms in total. The fourth-order valence-electron chi connectivity index (χ4n) is 2.99. The minimum Gasteiger partial charge on any atom is -0.321 e. The lowest BCUT2D eigenvalue weighted by atomic mass is 9.95. The first kappa shape index (κ1) is 12.3. The van der Waals surface area contributed by atoms with Gasteiger partial charge in [-0.1, -0.05) is 42.5 Å². The van der Waals surface area contributed by atoms with Gasteiger partial charge in [0.2, 0.25) is 0 Å². The molecule has 2 N–H and O–H groups in total. The van der Waals surface area contributed by atoms with Crippen LogP contribution in [0.4, 0.5) is 0 Å². The van der Waals surface area contributed by atoms with Crippen LogP contribution >= 0.6 is 0 Å². The first-order chi connectivity index (χ1) is 10.3. The van der Waals surface area contributed by atoms with E-state index in [1.54, 1.807) is 6.33 Å². The standard InChI is InChI=1S/C17H16N4/c18-15-10-14-9-13(8-12-4-2-1-3-5-12)6-7-16(14)21-11-19-20-17(15)21/h1-7,9,11,15H,8,10,18H2. The van der Waals surface area contributed by atoms with Crippen LogP contribution in [0, 0.1) is 0 Å². The van der Waals surface area contributed by atoms with Crippen LogP contribution < -0.4 is 5.73 Å². The Morgan fingerprint density at radius 3 is 2.81 bits per heavy atom. The fourth-order valence-corrected chi connectivity index (χ4v) is 2.99. The monoisotopic (exact) mass is 276 g/mol. The summed E-state index contributed by atoms with van der Waals surface area (Å²) >= 11 is 0. The Kier molecular flexibility index (Phi) is 2.82. The number of hydrogen-bond donors (Lipinski definition) is 1. The molecule has 0 amide bonds. The van der Waals surface area contributed by atoms with Crippen molar-refractivity contribution in [2.45, 2.75) is 18.9 Å². The summed E-state index contributed by atoms with van der Waals surface area (Å²) in [6, 6.07) is 17.0. The van der Waals surface area contributed by atoms with Crippen LogP contribution in [0.25, 0.3) is 5.69 Å². The molecule has 1 atom stereocenters. The lowest BCUT2D eigenvalue weighted by Gasteiger charge is -2.23. The Morgan fingerprint density at radius 1 is 1.10 bits per heavy atom. The molecular formula is C17H16N4. The topological polar surface area (TPSA) is 56.7 Å². The number of benzene rings is 2. The lowest BCUT2D eigenvalue weighted by Crippen LogP contribution is -2.23. The molecule has 0 fully saturated rings. The van der Waals surface area contributed by atoms with Gasteiger partial charge in [0.05, 0.1) is 11.7 Å². The molecule has 4 rings (SSSR count). The maximum absolute atomic E-state index is 6.18. The second-order valence-corrected chi connectivity index (χ2v) is 5.50. The molecule has 2 heterocycles. The van der Waals surface area contributed by atoms with Crippen molar-refractivity contribution in [2.24, 2.45) is 5.73 Å². The summed E-state index contributed by atoms with van der Waals surface area (Å²) < 4.78 is 2.00. The Labute approximate surface area is 123 Å². The third-order valence-electron chi connectivity index (χ3n) is 4.00. The average molecular weight is 276 g/mol. The zero-order valence-electron chi connectivity index (χ0n) is 11.6. The molecule has 1 aromatic heterocycles. The Hall–Kier alpha value is -2.46. The second kappa shape index (κ2) is 4.82. The fraction of sp³-hybridized carbons (Fsp3) is 0.176. The summed E-state index contributed by atoms with van der Waals surface area (Å²) in [5.41, 5.74) is 11.2. The van der Waals surface area contributed by atoms with Crippen LogP contribution in [0.15, 0.2) is 54.9 Å². The minimum atomic E-state index is -0.0769. The number of fused-ring (bicyclic) bond motifs is 3. The predicted molar refractivity (Wildman–Crippen MR) is 81.2 cm³/mol. The van der Waals surface area contributed by atoms with Crippen LogP contribution in [0.2, 0.25) is 0 Å². The van der Waals surface area contributed by atoms with E-state index in [2.05, 4.69) is 52.7 Å². The SMILES string of the molecule is NC1Cc2cc(Cc3ccccc3)ccc2-n2cnnc21. The number of nitrogens with two attached hydrogens (primary N) is 1. The van der Waals surface area contributed by atoms with Gasteiger partial charge in [0, 0.05) is 0 Å². The van der Waals surface area contributed by atoms with Gasteiger partial charge >= 0.3 is 0 Å². The molecule has 1 aliphatic heterocycles. The molecule has 2 aromatic carbocycles. The second-order valence-electron chi connectivity index (χ2n) is 5.50. The molecule has 0 aliphatic carbocycles. The maximum Gasteiger partial charge on any atom is 0.154 e. The van der Waals surface area contributed by atoms with Crippen LogP contribution in [0.1, 0.15) is 28.6 Å². The largest absolute Gasteiger partial charge is 0.321 e. The smallest absolute Gasteiger partial charge is 0.154 e. The van der Waals surface area contributed by atoms with Gasteiger partial charge < -0.3 is 5.73 Å². The maximum atomic E-state index is 6.18. The molecule has 4 heteroatoms. The van der Waals surface area contributed by atoms with Gasteiger partial charge in [0.15, 0.2) is 5.82 Å². The number of nitrogens with zero attached hydrogens (tertiary/aromatic N) is 3. The van der Waals surface area contributed by atoms with Crippen molar-refractivity contribution < 1.29 is 0 Å². The highest BCUT2D eigenvalue weighted by Gasteiger charge is 2.23.